The fourth-order valence-electron chi connectivity index (χ4n) is 2.90. The van der Waals surface area contributed by atoms with E-state index in [-0.39, 0.29) is 24.8 Å². The van der Waals surface area contributed by atoms with Crippen molar-refractivity contribution in [3.63, 3.8) is 0 Å². The largest absolute Gasteiger partial charge is 0.490 e. The average molecular weight is 454 g/mol. The molecule has 5 nitrogen and oxygen atoms in total. The van der Waals surface area contributed by atoms with Gasteiger partial charge in [-0.15, -0.1) is 12.4 Å². The van der Waals surface area contributed by atoms with Crippen LogP contribution in [0.15, 0.2) is 55.1 Å². The lowest BCUT2D eigenvalue weighted by atomic mass is 10.2. The molecule has 162 valence electrons. The summed E-state index contributed by atoms with van der Waals surface area (Å²) in [4.78, 5) is 4.04. The van der Waals surface area contributed by atoms with Crippen molar-refractivity contribution in [1.29, 1.82) is 0 Å². The number of halogens is 3. The summed E-state index contributed by atoms with van der Waals surface area (Å²) in [5, 5.41) is 3.91. The number of nitrogens with one attached hydrogen (secondary N) is 1. The average Bonchev–Trinajstić information content (AvgIpc) is 3.22. The predicted octanol–water partition coefficient (Wildman–Crippen LogP) is 5.26. The van der Waals surface area contributed by atoms with Gasteiger partial charge in [-0.25, -0.2) is 9.37 Å². The van der Waals surface area contributed by atoms with Gasteiger partial charge in [-0.1, -0.05) is 23.7 Å². The van der Waals surface area contributed by atoms with E-state index in [2.05, 4.69) is 14.9 Å². The molecule has 3 aromatic rings. The van der Waals surface area contributed by atoms with Crippen LogP contribution in [0.5, 0.6) is 11.5 Å². The molecule has 0 aliphatic carbocycles. The third-order valence-electron chi connectivity index (χ3n) is 4.32. The van der Waals surface area contributed by atoms with E-state index in [4.69, 9.17) is 21.1 Å². The Bertz CT molecular complexity index is 890. The smallest absolute Gasteiger partial charge is 0.180 e. The Kier molecular flexibility index (Phi) is 9.94. The molecule has 0 saturated heterocycles. The third kappa shape index (κ3) is 7.20. The highest BCUT2D eigenvalue weighted by atomic mass is 35.5. The second kappa shape index (κ2) is 12.4. The van der Waals surface area contributed by atoms with E-state index in [1.807, 2.05) is 31.6 Å². The van der Waals surface area contributed by atoms with Crippen molar-refractivity contribution in [2.75, 3.05) is 13.2 Å². The lowest BCUT2D eigenvalue weighted by Crippen LogP contribution is -2.16. The molecule has 0 bridgehead atoms. The van der Waals surface area contributed by atoms with Gasteiger partial charge in [-0.3, -0.25) is 0 Å². The lowest BCUT2D eigenvalue weighted by Gasteiger charge is -2.16. The maximum Gasteiger partial charge on any atom is 0.180 e. The van der Waals surface area contributed by atoms with Crippen LogP contribution in [0.25, 0.3) is 0 Å². The number of benzene rings is 2. The minimum Gasteiger partial charge on any atom is -0.490 e. The molecule has 0 spiro atoms. The number of hydrogen-bond acceptors (Lipinski definition) is 4. The molecule has 0 aliphatic heterocycles. The molecule has 2 aromatic carbocycles. The van der Waals surface area contributed by atoms with Crippen LogP contribution in [0.4, 0.5) is 4.39 Å². The topological polar surface area (TPSA) is 48.3 Å². The summed E-state index contributed by atoms with van der Waals surface area (Å²) < 4.78 is 26.7. The minimum absolute atomic E-state index is 0. The van der Waals surface area contributed by atoms with Gasteiger partial charge in [0.2, 0.25) is 0 Å². The summed E-state index contributed by atoms with van der Waals surface area (Å²) in [6, 6.07) is 10.0. The van der Waals surface area contributed by atoms with Crippen LogP contribution < -0.4 is 14.8 Å². The van der Waals surface area contributed by atoms with E-state index in [0.29, 0.717) is 29.7 Å². The van der Waals surface area contributed by atoms with E-state index in [1.54, 1.807) is 18.3 Å². The second-order valence-electron chi connectivity index (χ2n) is 6.58. The Labute approximate surface area is 187 Å². The summed E-state index contributed by atoms with van der Waals surface area (Å²) in [7, 11) is 0. The monoisotopic (exact) mass is 453 g/mol. The van der Waals surface area contributed by atoms with Gasteiger partial charge in [0.05, 0.1) is 18.0 Å². The van der Waals surface area contributed by atoms with E-state index >= 15 is 0 Å². The molecule has 1 N–H and O–H groups in total. The molecule has 1 aromatic heterocycles. The van der Waals surface area contributed by atoms with E-state index in [1.165, 1.54) is 12.1 Å². The number of ether oxygens (including phenoxy) is 2. The van der Waals surface area contributed by atoms with Gasteiger partial charge >= 0.3 is 0 Å². The fraction of sp³-hybridized carbons (Fsp3) is 0.318. The van der Waals surface area contributed by atoms with Crippen molar-refractivity contribution >= 4 is 24.0 Å². The summed E-state index contributed by atoms with van der Waals surface area (Å²) in [5.74, 6) is 0.836. The Morgan fingerprint density at radius 3 is 2.63 bits per heavy atom. The van der Waals surface area contributed by atoms with Gasteiger partial charge in [0.25, 0.3) is 0 Å². The van der Waals surface area contributed by atoms with Crippen molar-refractivity contribution in [3.05, 3.63) is 77.1 Å². The molecule has 0 aliphatic rings. The molecule has 0 saturated carbocycles. The normalized spacial score (nSPS) is 10.5. The molecule has 0 fully saturated rings. The molecule has 8 heteroatoms. The van der Waals surface area contributed by atoms with Crippen molar-refractivity contribution in [2.45, 2.75) is 33.0 Å². The van der Waals surface area contributed by atoms with Crippen LogP contribution in [-0.2, 0) is 19.7 Å². The minimum atomic E-state index is -0.274. The summed E-state index contributed by atoms with van der Waals surface area (Å²) >= 11 is 6.47. The van der Waals surface area contributed by atoms with Gasteiger partial charge in [-0.2, -0.15) is 0 Å². The van der Waals surface area contributed by atoms with E-state index < -0.39 is 0 Å². The Morgan fingerprint density at radius 1 is 1.13 bits per heavy atom. The van der Waals surface area contributed by atoms with Crippen molar-refractivity contribution < 1.29 is 13.9 Å². The molecule has 0 amide bonds. The van der Waals surface area contributed by atoms with Crippen molar-refractivity contribution in [2.24, 2.45) is 0 Å². The Hall–Kier alpha value is -2.28. The first-order chi connectivity index (χ1) is 14.2. The Morgan fingerprint density at radius 2 is 1.93 bits per heavy atom. The van der Waals surface area contributed by atoms with Crippen molar-refractivity contribution in [1.82, 2.24) is 14.9 Å². The van der Waals surface area contributed by atoms with Gasteiger partial charge in [-0.05, 0) is 55.3 Å². The first-order valence-corrected chi connectivity index (χ1v) is 10.0. The maximum atomic E-state index is 13.1. The number of aromatic nitrogens is 2. The van der Waals surface area contributed by atoms with Gasteiger partial charge in [0, 0.05) is 25.5 Å². The highest BCUT2D eigenvalue weighted by molar-refractivity contribution is 6.32. The van der Waals surface area contributed by atoms with Crippen molar-refractivity contribution in [3.8, 4) is 11.5 Å². The molecule has 3 rings (SSSR count). The summed E-state index contributed by atoms with van der Waals surface area (Å²) in [6.07, 6.45) is 6.56. The highest BCUT2D eigenvalue weighted by Crippen LogP contribution is 2.37. The first kappa shape index (κ1) is 24.0. The molecule has 1 heterocycles. The molecule has 0 unspecified atom stereocenters. The zero-order valence-electron chi connectivity index (χ0n) is 16.8. The quantitative estimate of drug-likeness (QED) is 0.402. The summed E-state index contributed by atoms with van der Waals surface area (Å²) in [6.45, 7) is 5.19. The number of aryl methyl sites for hydroxylation is 1. The number of hydrogen-bond donors (Lipinski definition) is 1. The van der Waals surface area contributed by atoms with Crippen LogP contribution in [-0.4, -0.2) is 22.7 Å². The highest BCUT2D eigenvalue weighted by Gasteiger charge is 2.13. The van der Waals surface area contributed by atoms with Crippen LogP contribution in [0, 0.1) is 5.82 Å². The SMILES string of the molecule is CCOc1cc(CNCCCn2ccnc2)cc(Cl)c1OCc1ccc(F)cc1.Cl. The number of imidazole rings is 1. The fourth-order valence-corrected chi connectivity index (χ4v) is 3.19. The first-order valence-electron chi connectivity index (χ1n) is 9.64. The second-order valence-corrected chi connectivity index (χ2v) is 6.99. The zero-order chi connectivity index (χ0) is 20.5. The number of nitrogens with zero attached hydrogens (tertiary/aromatic N) is 2. The van der Waals surface area contributed by atoms with Crippen LogP contribution in [0.2, 0.25) is 5.02 Å². The van der Waals surface area contributed by atoms with E-state index in [9.17, 15) is 4.39 Å². The molecule has 30 heavy (non-hydrogen) atoms. The maximum absolute atomic E-state index is 13.1. The van der Waals surface area contributed by atoms with Crippen LogP contribution >= 0.6 is 24.0 Å². The third-order valence-corrected chi connectivity index (χ3v) is 4.60. The van der Waals surface area contributed by atoms with E-state index in [0.717, 1.165) is 30.6 Å². The van der Waals surface area contributed by atoms with Gasteiger partial charge in [0.1, 0.15) is 12.4 Å². The predicted molar refractivity (Wildman–Crippen MR) is 119 cm³/mol. The molecular formula is C22H26Cl2FN3O2. The summed E-state index contributed by atoms with van der Waals surface area (Å²) in [5.41, 5.74) is 1.88. The molecule has 0 atom stereocenters. The van der Waals surface area contributed by atoms with Crippen LogP contribution in [0.1, 0.15) is 24.5 Å². The zero-order valence-corrected chi connectivity index (χ0v) is 18.4. The molecule has 0 radical (unpaired) electrons. The van der Waals surface area contributed by atoms with Crippen LogP contribution in [0.3, 0.4) is 0 Å². The number of rotatable bonds is 11. The van der Waals surface area contributed by atoms with Gasteiger partial charge < -0.3 is 19.4 Å². The van der Waals surface area contributed by atoms with Gasteiger partial charge in [0.15, 0.2) is 11.5 Å². The molecular weight excluding hydrogens is 428 g/mol. The Balaban J connectivity index is 0.00000320. The standard InChI is InChI=1S/C22H25ClFN3O2.ClH/c1-2-28-21-13-18(14-25-8-3-10-27-11-9-26-16-27)12-20(23)22(21)29-15-17-4-6-19(24)7-5-17;/h4-7,9,11-13,16,25H,2-3,8,10,14-15H2,1H3;1H. The lowest BCUT2D eigenvalue weighted by molar-refractivity contribution is 0.269.